The quantitative estimate of drug-likeness (QED) is 0.343. The van der Waals surface area contributed by atoms with Gasteiger partial charge in [-0.25, -0.2) is 23.7 Å². The summed E-state index contributed by atoms with van der Waals surface area (Å²) in [6.07, 6.45) is 3.17. The van der Waals surface area contributed by atoms with Crippen molar-refractivity contribution in [2.45, 2.75) is 5.92 Å². The largest absolute Gasteiger partial charge is 0.437 e. The maximum Gasteiger partial charge on any atom is 0.344 e. The maximum atomic E-state index is 13.8. The molecule has 0 bridgehead atoms. The van der Waals surface area contributed by atoms with Crippen molar-refractivity contribution in [3.8, 4) is 23.1 Å². The van der Waals surface area contributed by atoms with Gasteiger partial charge in [0.1, 0.15) is 23.4 Å². The smallest absolute Gasteiger partial charge is 0.344 e. The summed E-state index contributed by atoms with van der Waals surface area (Å²) >= 11 is 0. The second-order valence-electron chi connectivity index (χ2n) is 8.10. The van der Waals surface area contributed by atoms with Crippen molar-refractivity contribution in [3.63, 3.8) is 0 Å². The second-order valence-corrected chi connectivity index (χ2v) is 8.10. The Bertz CT molecular complexity index is 1810. The fourth-order valence-electron chi connectivity index (χ4n) is 4.52. The first-order chi connectivity index (χ1) is 17.2. The third kappa shape index (κ3) is 2.95. The molecule has 0 aliphatic carbocycles. The van der Waals surface area contributed by atoms with Gasteiger partial charge in [0.25, 0.3) is 0 Å². The van der Waals surface area contributed by atoms with Crippen LogP contribution in [0.1, 0.15) is 22.6 Å². The summed E-state index contributed by atoms with van der Waals surface area (Å²) in [6, 6.07) is 18.6. The molecule has 7 rings (SSSR count). The van der Waals surface area contributed by atoms with Crippen LogP contribution in [0.3, 0.4) is 0 Å². The Hall–Kier alpha value is -4.92. The highest BCUT2D eigenvalue weighted by atomic mass is 19.1. The molecule has 6 aromatic rings. The zero-order valence-electron chi connectivity index (χ0n) is 17.9. The van der Waals surface area contributed by atoms with Crippen LogP contribution in [0, 0.1) is 5.82 Å². The monoisotopic (exact) mass is 463 g/mol. The lowest BCUT2D eigenvalue weighted by atomic mass is 9.84. The molecule has 1 atom stereocenters. The van der Waals surface area contributed by atoms with Gasteiger partial charge < -0.3 is 9.15 Å². The molecule has 5 heterocycles. The molecule has 0 spiro atoms. The lowest BCUT2D eigenvalue weighted by Gasteiger charge is -2.27. The highest BCUT2D eigenvalue weighted by Crippen LogP contribution is 2.48. The number of hydrogen-bond donors (Lipinski definition) is 0. The normalized spacial score (nSPS) is 14.5. The van der Waals surface area contributed by atoms with Gasteiger partial charge in [0.2, 0.25) is 11.7 Å². The summed E-state index contributed by atoms with van der Waals surface area (Å²) in [5.74, 6) is -0.0136. The van der Waals surface area contributed by atoms with E-state index < -0.39 is 11.5 Å². The zero-order chi connectivity index (χ0) is 23.5. The van der Waals surface area contributed by atoms with E-state index in [0.29, 0.717) is 50.6 Å². The van der Waals surface area contributed by atoms with Crippen molar-refractivity contribution in [2.24, 2.45) is 0 Å². The first kappa shape index (κ1) is 19.5. The first-order valence-corrected chi connectivity index (χ1v) is 10.8. The number of halogens is 1. The molecule has 1 unspecified atom stereocenters. The summed E-state index contributed by atoms with van der Waals surface area (Å²) in [4.78, 5) is 26.8. The summed E-state index contributed by atoms with van der Waals surface area (Å²) in [6.45, 7) is 0. The van der Waals surface area contributed by atoms with Gasteiger partial charge in [-0.1, -0.05) is 30.3 Å². The molecule has 8 nitrogen and oxygen atoms in total. The molecule has 0 amide bonds. The Balaban J connectivity index is 1.56. The molecule has 0 N–H and O–H groups in total. The highest BCUT2D eigenvalue weighted by Gasteiger charge is 2.37. The molecular weight excluding hydrogens is 449 g/mol. The van der Waals surface area contributed by atoms with Crippen LogP contribution in [0.2, 0.25) is 0 Å². The predicted molar refractivity (Wildman–Crippen MR) is 124 cm³/mol. The summed E-state index contributed by atoms with van der Waals surface area (Å²) in [7, 11) is 0. The SMILES string of the molecule is O=c1oc2ccccc2c2c1C(c1ccc(F)cc1)c1c(ncn3nc(-c4ccccn4)nc13)O2. The Morgan fingerprint density at radius 3 is 2.57 bits per heavy atom. The van der Waals surface area contributed by atoms with Crippen molar-refractivity contribution in [1.82, 2.24) is 24.6 Å². The van der Waals surface area contributed by atoms with Crippen LogP contribution in [-0.2, 0) is 0 Å². The van der Waals surface area contributed by atoms with E-state index >= 15 is 0 Å². The molecule has 0 fully saturated rings. The summed E-state index contributed by atoms with van der Waals surface area (Å²) in [5, 5.41) is 5.16. The zero-order valence-corrected chi connectivity index (χ0v) is 17.9. The first-order valence-electron chi connectivity index (χ1n) is 10.8. The number of pyridine rings is 1. The molecule has 2 aromatic carbocycles. The number of para-hydroxylation sites is 1. The molecule has 0 saturated carbocycles. The van der Waals surface area contributed by atoms with Crippen molar-refractivity contribution in [2.75, 3.05) is 0 Å². The van der Waals surface area contributed by atoms with Crippen molar-refractivity contribution < 1.29 is 13.5 Å². The molecule has 4 aromatic heterocycles. The van der Waals surface area contributed by atoms with E-state index in [-0.39, 0.29) is 11.7 Å². The Morgan fingerprint density at radius 1 is 0.914 bits per heavy atom. The van der Waals surface area contributed by atoms with Gasteiger partial charge in [0.05, 0.1) is 22.4 Å². The average Bonchev–Trinajstić information content (AvgIpc) is 3.33. The minimum Gasteiger partial charge on any atom is -0.437 e. The van der Waals surface area contributed by atoms with E-state index in [0.717, 1.165) is 0 Å². The van der Waals surface area contributed by atoms with Crippen LogP contribution in [0.4, 0.5) is 4.39 Å². The number of nitrogens with zero attached hydrogens (tertiary/aromatic N) is 5. The van der Waals surface area contributed by atoms with E-state index in [4.69, 9.17) is 14.1 Å². The van der Waals surface area contributed by atoms with Gasteiger partial charge in [-0.05, 0) is 42.0 Å². The molecule has 1 aliphatic rings. The third-order valence-corrected chi connectivity index (χ3v) is 6.06. The van der Waals surface area contributed by atoms with Crippen molar-refractivity contribution in [3.05, 3.63) is 112 Å². The fraction of sp³-hybridized carbons (Fsp3) is 0.0385. The Morgan fingerprint density at radius 2 is 1.74 bits per heavy atom. The van der Waals surface area contributed by atoms with E-state index in [9.17, 15) is 9.18 Å². The van der Waals surface area contributed by atoms with E-state index in [1.165, 1.54) is 23.0 Å². The van der Waals surface area contributed by atoms with Crippen LogP contribution in [0.25, 0.3) is 28.1 Å². The Labute approximate surface area is 196 Å². The number of aromatic nitrogens is 5. The van der Waals surface area contributed by atoms with Gasteiger partial charge in [-0.3, -0.25) is 4.98 Å². The lowest BCUT2D eigenvalue weighted by Crippen LogP contribution is -2.22. The average molecular weight is 463 g/mol. The number of ether oxygens (including phenoxy) is 1. The maximum absolute atomic E-state index is 13.8. The fourth-order valence-corrected chi connectivity index (χ4v) is 4.52. The van der Waals surface area contributed by atoms with Gasteiger partial charge in [0.15, 0.2) is 11.4 Å². The van der Waals surface area contributed by atoms with Crippen LogP contribution >= 0.6 is 0 Å². The van der Waals surface area contributed by atoms with Crippen LogP contribution in [0.5, 0.6) is 11.6 Å². The second kappa shape index (κ2) is 7.29. The lowest BCUT2D eigenvalue weighted by molar-refractivity contribution is 0.422. The molecule has 0 saturated heterocycles. The van der Waals surface area contributed by atoms with Gasteiger partial charge in [0, 0.05) is 6.20 Å². The van der Waals surface area contributed by atoms with Gasteiger partial charge in [-0.2, -0.15) is 0 Å². The van der Waals surface area contributed by atoms with Gasteiger partial charge >= 0.3 is 5.63 Å². The topological polar surface area (TPSA) is 95.4 Å². The highest BCUT2D eigenvalue weighted by molar-refractivity contribution is 5.86. The molecule has 1 aliphatic heterocycles. The molecule has 0 radical (unpaired) electrons. The van der Waals surface area contributed by atoms with Crippen molar-refractivity contribution in [1.29, 1.82) is 0 Å². The van der Waals surface area contributed by atoms with Gasteiger partial charge in [-0.15, -0.1) is 5.10 Å². The van der Waals surface area contributed by atoms with E-state index in [1.54, 1.807) is 36.5 Å². The third-order valence-electron chi connectivity index (χ3n) is 6.06. The molecule has 9 heteroatoms. The van der Waals surface area contributed by atoms with Crippen molar-refractivity contribution >= 4 is 16.6 Å². The number of benzene rings is 2. The molecule has 35 heavy (non-hydrogen) atoms. The molecule has 168 valence electrons. The molecular formula is C26H14FN5O3. The number of rotatable bonds is 2. The Kier molecular flexibility index (Phi) is 4.07. The predicted octanol–water partition coefficient (Wildman–Crippen LogP) is 4.72. The minimum atomic E-state index is -0.674. The van der Waals surface area contributed by atoms with Crippen LogP contribution in [0.15, 0.2) is 88.5 Å². The van der Waals surface area contributed by atoms with Crippen LogP contribution < -0.4 is 10.4 Å². The van der Waals surface area contributed by atoms with Crippen LogP contribution in [-0.4, -0.2) is 24.6 Å². The summed E-state index contributed by atoms with van der Waals surface area (Å²) in [5.41, 5.74) is 2.37. The van der Waals surface area contributed by atoms with E-state index in [1.807, 2.05) is 24.3 Å². The standard InChI is InChI=1S/C26H14FN5O3/c27-15-10-8-14(9-11-15)19-20-22(16-5-1-2-7-18(16)34-26(20)33)35-25-21(19)24-30-23(31-32(24)13-29-25)17-6-3-4-12-28-17/h1-13,19H. The number of hydrogen-bond acceptors (Lipinski definition) is 7. The number of fused-ring (bicyclic) bond motifs is 6. The minimum absolute atomic E-state index is 0.287. The van der Waals surface area contributed by atoms with E-state index in [2.05, 4.69) is 15.1 Å². The summed E-state index contributed by atoms with van der Waals surface area (Å²) < 4.78 is 27.2.